The van der Waals surface area contributed by atoms with Crippen LogP contribution in [-0.4, -0.2) is 38.3 Å². The number of amides is 1. The predicted octanol–water partition coefficient (Wildman–Crippen LogP) is 1.78. The summed E-state index contributed by atoms with van der Waals surface area (Å²) in [7, 11) is 0. The summed E-state index contributed by atoms with van der Waals surface area (Å²) in [6, 6.07) is 6.10. The smallest absolute Gasteiger partial charge is 0.237 e. The molecule has 2 saturated heterocycles. The second-order valence-corrected chi connectivity index (χ2v) is 6.52. The fourth-order valence-electron chi connectivity index (χ4n) is 3.08. The predicted molar refractivity (Wildman–Crippen MR) is 88.5 cm³/mol. The summed E-state index contributed by atoms with van der Waals surface area (Å²) >= 11 is 0. The minimum Gasteiger partial charge on any atom is -0.493 e. The zero-order valence-electron chi connectivity index (χ0n) is 13.8. The molecule has 0 bridgehead atoms. The van der Waals surface area contributed by atoms with Crippen molar-refractivity contribution in [2.45, 2.75) is 38.8 Å². The first-order chi connectivity index (χ1) is 11.2. The Bertz CT molecular complexity index is 535. The van der Waals surface area contributed by atoms with E-state index in [1.54, 1.807) is 0 Å². The molecule has 2 fully saturated rings. The quantitative estimate of drug-likeness (QED) is 0.839. The Morgan fingerprint density at radius 2 is 2.35 bits per heavy atom. The number of carbonyl (C=O) groups excluding carboxylic acids is 1. The zero-order valence-corrected chi connectivity index (χ0v) is 13.8. The maximum absolute atomic E-state index is 12.1. The standard InChI is InChI=1S/C18H26N2O3/c1-13-4-5-15(10-20-18(21)16-3-2-7-19-16)17(9-13)23-12-14-6-8-22-11-14/h4-5,9,14,16,19H,2-3,6-8,10-12H2,1H3,(H,20,21). The van der Waals surface area contributed by atoms with E-state index in [4.69, 9.17) is 9.47 Å². The molecule has 2 aliphatic heterocycles. The first-order valence-corrected chi connectivity index (χ1v) is 8.53. The van der Waals surface area contributed by atoms with Gasteiger partial charge in [0.1, 0.15) is 5.75 Å². The fourth-order valence-corrected chi connectivity index (χ4v) is 3.08. The highest BCUT2D eigenvalue weighted by molar-refractivity contribution is 5.82. The summed E-state index contributed by atoms with van der Waals surface area (Å²) in [4.78, 5) is 12.1. The molecule has 5 nitrogen and oxygen atoms in total. The van der Waals surface area contributed by atoms with E-state index in [0.717, 1.165) is 55.9 Å². The Morgan fingerprint density at radius 1 is 1.43 bits per heavy atom. The summed E-state index contributed by atoms with van der Waals surface area (Å²) in [5, 5.41) is 6.24. The Balaban J connectivity index is 1.57. The van der Waals surface area contributed by atoms with E-state index >= 15 is 0 Å². The van der Waals surface area contributed by atoms with Crippen molar-refractivity contribution in [2.75, 3.05) is 26.4 Å². The molecular formula is C18H26N2O3. The maximum Gasteiger partial charge on any atom is 0.237 e. The van der Waals surface area contributed by atoms with Crippen LogP contribution < -0.4 is 15.4 Å². The van der Waals surface area contributed by atoms with Gasteiger partial charge in [0.2, 0.25) is 5.91 Å². The van der Waals surface area contributed by atoms with Crippen molar-refractivity contribution in [2.24, 2.45) is 5.92 Å². The molecule has 0 spiro atoms. The summed E-state index contributed by atoms with van der Waals surface area (Å²) in [5.74, 6) is 1.43. The van der Waals surface area contributed by atoms with Gasteiger partial charge in [0.25, 0.3) is 0 Å². The molecule has 2 aliphatic rings. The lowest BCUT2D eigenvalue weighted by Crippen LogP contribution is -2.40. The lowest BCUT2D eigenvalue weighted by molar-refractivity contribution is -0.122. The summed E-state index contributed by atoms with van der Waals surface area (Å²) in [6.45, 7) is 5.78. The van der Waals surface area contributed by atoms with Crippen molar-refractivity contribution < 1.29 is 14.3 Å². The molecule has 2 unspecified atom stereocenters. The van der Waals surface area contributed by atoms with E-state index in [9.17, 15) is 4.79 Å². The van der Waals surface area contributed by atoms with Gasteiger partial charge in [-0.3, -0.25) is 4.79 Å². The van der Waals surface area contributed by atoms with Gasteiger partial charge in [-0.05, 0) is 44.4 Å². The molecular weight excluding hydrogens is 292 g/mol. The molecule has 2 heterocycles. The van der Waals surface area contributed by atoms with Crippen molar-refractivity contribution in [3.63, 3.8) is 0 Å². The third-order valence-corrected chi connectivity index (χ3v) is 4.55. The third kappa shape index (κ3) is 4.45. The Kier molecular flexibility index (Phi) is 5.51. The highest BCUT2D eigenvalue weighted by Gasteiger charge is 2.22. The van der Waals surface area contributed by atoms with Crippen molar-refractivity contribution in [3.8, 4) is 5.75 Å². The SMILES string of the molecule is Cc1ccc(CNC(=O)C2CCCN2)c(OCC2CCOC2)c1. The average Bonchev–Trinajstić information content (AvgIpc) is 3.25. The van der Waals surface area contributed by atoms with E-state index in [2.05, 4.69) is 23.6 Å². The van der Waals surface area contributed by atoms with Crippen LogP contribution in [0.1, 0.15) is 30.4 Å². The molecule has 0 saturated carbocycles. The van der Waals surface area contributed by atoms with E-state index in [1.807, 2.05) is 12.1 Å². The second kappa shape index (κ2) is 7.79. The topological polar surface area (TPSA) is 59.6 Å². The van der Waals surface area contributed by atoms with Crippen LogP contribution in [-0.2, 0) is 16.1 Å². The monoisotopic (exact) mass is 318 g/mol. The number of hydrogen-bond donors (Lipinski definition) is 2. The van der Waals surface area contributed by atoms with Crippen LogP contribution in [0.5, 0.6) is 5.75 Å². The van der Waals surface area contributed by atoms with Crippen LogP contribution in [0.25, 0.3) is 0 Å². The number of hydrogen-bond acceptors (Lipinski definition) is 4. The lowest BCUT2D eigenvalue weighted by Gasteiger charge is -2.16. The minimum atomic E-state index is -0.0412. The van der Waals surface area contributed by atoms with Crippen molar-refractivity contribution in [3.05, 3.63) is 29.3 Å². The summed E-state index contributed by atoms with van der Waals surface area (Å²) in [5.41, 5.74) is 2.19. The first kappa shape index (κ1) is 16.3. The zero-order chi connectivity index (χ0) is 16.1. The van der Waals surface area contributed by atoms with Crippen LogP contribution >= 0.6 is 0 Å². The second-order valence-electron chi connectivity index (χ2n) is 6.52. The molecule has 126 valence electrons. The van der Waals surface area contributed by atoms with Gasteiger partial charge in [-0.2, -0.15) is 0 Å². The van der Waals surface area contributed by atoms with Gasteiger partial charge < -0.3 is 20.1 Å². The molecule has 5 heteroatoms. The van der Waals surface area contributed by atoms with E-state index in [0.29, 0.717) is 19.1 Å². The number of benzene rings is 1. The molecule has 1 aromatic carbocycles. The number of aryl methyl sites for hydroxylation is 1. The summed E-state index contributed by atoms with van der Waals surface area (Å²) in [6.07, 6.45) is 3.05. The highest BCUT2D eigenvalue weighted by Crippen LogP contribution is 2.22. The van der Waals surface area contributed by atoms with Crippen LogP contribution in [0.15, 0.2) is 18.2 Å². The normalized spacial score (nSPS) is 23.9. The van der Waals surface area contributed by atoms with Gasteiger partial charge in [-0.15, -0.1) is 0 Å². The molecule has 3 rings (SSSR count). The minimum absolute atomic E-state index is 0.0412. The number of rotatable bonds is 6. The fraction of sp³-hybridized carbons (Fsp3) is 0.611. The first-order valence-electron chi connectivity index (χ1n) is 8.53. The summed E-state index contributed by atoms with van der Waals surface area (Å²) < 4.78 is 11.4. The maximum atomic E-state index is 12.1. The number of nitrogens with one attached hydrogen (secondary N) is 2. The van der Waals surface area contributed by atoms with Gasteiger partial charge in [0.05, 0.1) is 19.3 Å². The van der Waals surface area contributed by atoms with Crippen molar-refractivity contribution in [1.82, 2.24) is 10.6 Å². The highest BCUT2D eigenvalue weighted by atomic mass is 16.5. The van der Waals surface area contributed by atoms with Gasteiger partial charge in [-0.1, -0.05) is 12.1 Å². The number of carbonyl (C=O) groups is 1. The van der Waals surface area contributed by atoms with Crippen LogP contribution in [0.2, 0.25) is 0 Å². The van der Waals surface area contributed by atoms with E-state index in [-0.39, 0.29) is 11.9 Å². The average molecular weight is 318 g/mol. The van der Waals surface area contributed by atoms with Gasteiger partial charge in [-0.25, -0.2) is 0 Å². The Labute approximate surface area is 137 Å². The van der Waals surface area contributed by atoms with Crippen LogP contribution in [0.3, 0.4) is 0 Å². The van der Waals surface area contributed by atoms with Crippen molar-refractivity contribution in [1.29, 1.82) is 0 Å². The largest absolute Gasteiger partial charge is 0.493 e. The van der Waals surface area contributed by atoms with E-state index < -0.39 is 0 Å². The molecule has 0 aliphatic carbocycles. The molecule has 1 amide bonds. The van der Waals surface area contributed by atoms with Crippen molar-refractivity contribution >= 4 is 5.91 Å². The van der Waals surface area contributed by atoms with Gasteiger partial charge in [0.15, 0.2) is 0 Å². The van der Waals surface area contributed by atoms with Gasteiger partial charge in [0, 0.05) is 24.6 Å². The molecule has 0 aromatic heterocycles. The lowest BCUT2D eigenvalue weighted by atomic mass is 10.1. The molecule has 2 N–H and O–H groups in total. The Morgan fingerprint density at radius 3 is 3.09 bits per heavy atom. The van der Waals surface area contributed by atoms with Crippen LogP contribution in [0, 0.1) is 12.8 Å². The van der Waals surface area contributed by atoms with Crippen LogP contribution in [0.4, 0.5) is 0 Å². The van der Waals surface area contributed by atoms with Gasteiger partial charge >= 0.3 is 0 Å². The third-order valence-electron chi connectivity index (χ3n) is 4.55. The Hall–Kier alpha value is -1.59. The molecule has 23 heavy (non-hydrogen) atoms. The molecule has 0 radical (unpaired) electrons. The van der Waals surface area contributed by atoms with E-state index in [1.165, 1.54) is 0 Å². The molecule has 2 atom stereocenters. The number of ether oxygens (including phenoxy) is 2. The molecule has 1 aromatic rings.